The molecule has 4 rings (SSSR count). The van der Waals surface area contributed by atoms with Gasteiger partial charge < -0.3 is 4.42 Å². The van der Waals surface area contributed by atoms with E-state index < -0.39 is 11.6 Å². The summed E-state index contributed by atoms with van der Waals surface area (Å²) in [5.74, 6) is 0.0286. The first-order valence-corrected chi connectivity index (χ1v) is 9.78. The first kappa shape index (κ1) is 19.0. The molecule has 0 amide bonds. The Balaban J connectivity index is 1.73. The van der Waals surface area contributed by atoms with Gasteiger partial charge in [-0.1, -0.05) is 35.0 Å². The van der Waals surface area contributed by atoms with Crippen molar-refractivity contribution in [3.8, 4) is 17.3 Å². The van der Waals surface area contributed by atoms with E-state index in [1.165, 1.54) is 30.2 Å². The second kappa shape index (κ2) is 7.95. The van der Waals surface area contributed by atoms with E-state index in [-0.39, 0.29) is 0 Å². The Morgan fingerprint density at radius 3 is 2.43 bits per heavy atom. The third-order valence-corrected chi connectivity index (χ3v) is 5.57. The van der Waals surface area contributed by atoms with E-state index in [0.29, 0.717) is 43.8 Å². The van der Waals surface area contributed by atoms with E-state index in [9.17, 15) is 8.78 Å². The SMILES string of the molecule is Fc1cc(F)cc(CSc2nnc(-c3ccco3)n2-c2ccc(Cl)c(Cl)c2)c1. The standard InChI is InChI=1S/C19H11Cl2F2N3OS/c20-15-4-3-14(9-16(15)21)26-18(17-2-1-5-27-17)24-25-19(26)28-10-11-6-12(22)8-13(23)7-11/h1-9H,10H2. The predicted octanol–water partition coefficient (Wildman–Crippen LogP) is 6.40. The summed E-state index contributed by atoms with van der Waals surface area (Å²) in [5.41, 5.74) is 1.17. The molecule has 4 aromatic rings. The predicted molar refractivity (Wildman–Crippen MR) is 105 cm³/mol. The van der Waals surface area contributed by atoms with Crippen molar-refractivity contribution < 1.29 is 13.2 Å². The fourth-order valence-corrected chi connectivity index (χ4v) is 3.80. The molecule has 142 valence electrons. The summed E-state index contributed by atoms with van der Waals surface area (Å²) in [7, 11) is 0. The second-order valence-electron chi connectivity index (χ2n) is 5.78. The van der Waals surface area contributed by atoms with Crippen LogP contribution < -0.4 is 0 Å². The van der Waals surface area contributed by atoms with E-state index in [0.717, 1.165) is 6.07 Å². The number of benzene rings is 2. The molecule has 0 N–H and O–H groups in total. The van der Waals surface area contributed by atoms with Crippen LogP contribution in [0.2, 0.25) is 10.0 Å². The molecule has 2 aromatic carbocycles. The molecular weight excluding hydrogens is 427 g/mol. The summed E-state index contributed by atoms with van der Waals surface area (Å²) in [6.07, 6.45) is 1.53. The van der Waals surface area contributed by atoms with E-state index in [2.05, 4.69) is 10.2 Å². The summed E-state index contributed by atoms with van der Waals surface area (Å²) in [4.78, 5) is 0. The van der Waals surface area contributed by atoms with Gasteiger partial charge in [-0.15, -0.1) is 10.2 Å². The molecule has 4 nitrogen and oxygen atoms in total. The number of furan rings is 1. The topological polar surface area (TPSA) is 43.9 Å². The lowest BCUT2D eigenvalue weighted by molar-refractivity contribution is 0.575. The highest BCUT2D eigenvalue weighted by Gasteiger charge is 2.19. The van der Waals surface area contributed by atoms with Crippen LogP contribution in [0, 0.1) is 11.6 Å². The van der Waals surface area contributed by atoms with Crippen LogP contribution >= 0.6 is 35.0 Å². The number of hydrogen-bond acceptors (Lipinski definition) is 4. The Bertz CT molecular complexity index is 1110. The minimum absolute atomic E-state index is 0.298. The van der Waals surface area contributed by atoms with E-state index in [1.54, 1.807) is 34.9 Å². The summed E-state index contributed by atoms with van der Waals surface area (Å²) in [6, 6.07) is 12.0. The molecule has 0 aliphatic carbocycles. The third kappa shape index (κ3) is 3.92. The van der Waals surface area contributed by atoms with Gasteiger partial charge in [-0.2, -0.15) is 0 Å². The molecule has 0 saturated carbocycles. The third-order valence-electron chi connectivity index (χ3n) is 3.83. The van der Waals surface area contributed by atoms with Crippen LogP contribution in [0.3, 0.4) is 0 Å². The Hall–Kier alpha value is -2.35. The van der Waals surface area contributed by atoms with Gasteiger partial charge in [0.2, 0.25) is 5.82 Å². The molecular formula is C19H11Cl2F2N3OS. The van der Waals surface area contributed by atoms with Crippen LogP contribution in [0.5, 0.6) is 0 Å². The number of nitrogens with zero attached hydrogens (tertiary/aromatic N) is 3. The molecule has 0 spiro atoms. The van der Waals surface area contributed by atoms with E-state index in [1.807, 2.05) is 0 Å². The van der Waals surface area contributed by atoms with Gasteiger partial charge >= 0.3 is 0 Å². The molecule has 0 fully saturated rings. The van der Waals surface area contributed by atoms with Gasteiger partial charge in [-0.3, -0.25) is 4.57 Å². The molecule has 9 heteroatoms. The molecule has 0 bridgehead atoms. The molecule has 0 unspecified atom stereocenters. The quantitative estimate of drug-likeness (QED) is 0.338. The maximum absolute atomic E-state index is 13.4. The van der Waals surface area contributed by atoms with Crippen molar-refractivity contribution in [2.24, 2.45) is 0 Å². The number of hydrogen-bond donors (Lipinski definition) is 0. The molecule has 28 heavy (non-hydrogen) atoms. The van der Waals surface area contributed by atoms with Crippen LogP contribution in [0.25, 0.3) is 17.3 Å². The summed E-state index contributed by atoms with van der Waals surface area (Å²) < 4.78 is 34.1. The van der Waals surface area contributed by atoms with Gasteiger partial charge in [0.15, 0.2) is 10.9 Å². The van der Waals surface area contributed by atoms with Crippen LogP contribution in [0.1, 0.15) is 5.56 Å². The molecule has 0 atom stereocenters. The minimum atomic E-state index is -0.627. The van der Waals surface area contributed by atoms with Crippen LogP contribution in [0.15, 0.2) is 64.4 Å². The molecule has 2 heterocycles. The van der Waals surface area contributed by atoms with E-state index >= 15 is 0 Å². The van der Waals surface area contributed by atoms with Gasteiger partial charge in [0, 0.05) is 11.8 Å². The Labute approximate surface area is 173 Å². The largest absolute Gasteiger partial charge is 0.461 e. The van der Waals surface area contributed by atoms with Crippen molar-refractivity contribution in [1.29, 1.82) is 0 Å². The maximum atomic E-state index is 13.4. The van der Waals surface area contributed by atoms with Gasteiger partial charge in [-0.25, -0.2) is 8.78 Å². The van der Waals surface area contributed by atoms with Gasteiger partial charge in [-0.05, 0) is 48.0 Å². The van der Waals surface area contributed by atoms with Gasteiger partial charge in [0.1, 0.15) is 11.6 Å². The fraction of sp³-hybridized carbons (Fsp3) is 0.0526. The molecule has 0 radical (unpaired) electrons. The zero-order valence-electron chi connectivity index (χ0n) is 14.1. The summed E-state index contributed by atoms with van der Waals surface area (Å²) in [6.45, 7) is 0. The van der Waals surface area contributed by atoms with Crippen LogP contribution in [-0.2, 0) is 5.75 Å². The zero-order chi connectivity index (χ0) is 19.7. The lowest BCUT2D eigenvalue weighted by Crippen LogP contribution is -1.99. The Morgan fingerprint density at radius 2 is 1.75 bits per heavy atom. The zero-order valence-corrected chi connectivity index (χ0v) is 16.4. The lowest BCUT2D eigenvalue weighted by atomic mass is 10.2. The first-order chi connectivity index (χ1) is 13.5. The van der Waals surface area contributed by atoms with Crippen LogP contribution in [0.4, 0.5) is 8.78 Å². The van der Waals surface area contributed by atoms with Gasteiger partial charge in [0.25, 0.3) is 0 Å². The lowest BCUT2D eigenvalue weighted by Gasteiger charge is -2.10. The molecule has 2 aromatic heterocycles. The second-order valence-corrected chi connectivity index (χ2v) is 7.54. The highest BCUT2D eigenvalue weighted by Crippen LogP contribution is 2.32. The van der Waals surface area contributed by atoms with Crippen molar-refractivity contribution in [3.63, 3.8) is 0 Å². The minimum Gasteiger partial charge on any atom is -0.461 e. The number of halogens is 4. The van der Waals surface area contributed by atoms with Gasteiger partial charge in [0.05, 0.1) is 22.0 Å². The molecule has 0 saturated heterocycles. The average Bonchev–Trinajstić information content (AvgIpc) is 3.30. The maximum Gasteiger partial charge on any atom is 0.205 e. The van der Waals surface area contributed by atoms with Crippen molar-refractivity contribution in [1.82, 2.24) is 14.8 Å². The highest BCUT2D eigenvalue weighted by molar-refractivity contribution is 7.98. The Kier molecular flexibility index (Phi) is 5.39. The average molecular weight is 438 g/mol. The monoisotopic (exact) mass is 437 g/mol. The smallest absolute Gasteiger partial charge is 0.205 e. The van der Waals surface area contributed by atoms with E-state index in [4.69, 9.17) is 27.6 Å². The molecule has 0 aliphatic heterocycles. The van der Waals surface area contributed by atoms with Crippen LogP contribution in [-0.4, -0.2) is 14.8 Å². The fourth-order valence-electron chi connectivity index (χ4n) is 2.63. The normalized spacial score (nSPS) is 11.1. The molecule has 0 aliphatic rings. The number of thioether (sulfide) groups is 1. The number of aromatic nitrogens is 3. The van der Waals surface area contributed by atoms with Crippen molar-refractivity contribution in [2.75, 3.05) is 0 Å². The highest BCUT2D eigenvalue weighted by atomic mass is 35.5. The summed E-state index contributed by atoms with van der Waals surface area (Å²) in [5, 5.41) is 9.73. The van der Waals surface area contributed by atoms with Crippen molar-refractivity contribution in [2.45, 2.75) is 10.9 Å². The summed E-state index contributed by atoms with van der Waals surface area (Å²) >= 11 is 13.5. The Morgan fingerprint density at radius 1 is 0.964 bits per heavy atom. The van der Waals surface area contributed by atoms with Crippen molar-refractivity contribution in [3.05, 3.63) is 82.0 Å². The first-order valence-electron chi connectivity index (χ1n) is 8.04. The van der Waals surface area contributed by atoms with Crippen molar-refractivity contribution >= 4 is 35.0 Å². The number of rotatable bonds is 5.